The van der Waals surface area contributed by atoms with Gasteiger partial charge in [0.1, 0.15) is 5.00 Å². The van der Waals surface area contributed by atoms with Crippen molar-refractivity contribution < 1.29 is 9.53 Å². The summed E-state index contributed by atoms with van der Waals surface area (Å²) >= 11 is 6.82. The maximum Gasteiger partial charge on any atom is 0.340 e. The van der Waals surface area contributed by atoms with E-state index in [1.165, 1.54) is 18.4 Å². The summed E-state index contributed by atoms with van der Waals surface area (Å²) in [5.41, 5.74) is 2.52. The normalized spacial score (nSPS) is 11.9. The van der Waals surface area contributed by atoms with Crippen LogP contribution in [0.15, 0.2) is 12.3 Å². The van der Waals surface area contributed by atoms with E-state index in [0.717, 1.165) is 16.1 Å². The standard InChI is InChI=1S/C15H20N4O2S2/c1-8-6-11(14(20)21-5)13(23-8)17-15(22)16-9(2)12-7-19(4)18-10(12)3/h6-7,9H,1-5H3,(H2,16,17,22). The quantitative estimate of drug-likeness (QED) is 0.651. The molecule has 0 aliphatic rings. The van der Waals surface area contributed by atoms with Gasteiger partial charge in [0.2, 0.25) is 0 Å². The number of carbonyl (C=O) groups excluding carboxylic acids is 1. The number of nitrogens with one attached hydrogen (secondary N) is 2. The molecule has 1 unspecified atom stereocenters. The zero-order valence-corrected chi connectivity index (χ0v) is 15.4. The molecule has 0 saturated heterocycles. The number of thiophene rings is 1. The summed E-state index contributed by atoms with van der Waals surface area (Å²) in [4.78, 5) is 12.8. The maximum absolute atomic E-state index is 11.8. The van der Waals surface area contributed by atoms with Gasteiger partial charge in [-0.2, -0.15) is 5.10 Å². The van der Waals surface area contributed by atoms with Crippen molar-refractivity contribution in [3.8, 4) is 0 Å². The van der Waals surface area contributed by atoms with Crippen LogP contribution < -0.4 is 10.6 Å². The fourth-order valence-electron chi connectivity index (χ4n) is 2.33. The lowest BCUT2D eigenvalue weighted by atomic mass is 10.1. The molecule has 2 N–H and O–H groups in total. The Balaban J connectivity index is 2.08. The van der Waals surface area contributed by atoms with Crippen molar-refractivity contribution in [2.24, 2.45) is 7.05 Å². The number of anilines is 1. The second-order valence-electron chi connectivity index (χ2n) is 5.26. The van der Waals surface area contributed by atoms with E-state index in [9.17, 15) is 4.79 Å². The zero-order valence-electron chi connectivity index (χ0n) is 13.8. The highest BCUT2D eigenvalue weighted by atomic mass is 32.1. The SMILES string of the molecule is COC(=O)c1cc(C)sc1NC(=S)NC(C)c1cn(C)nc1C. The molecule has 0 radical (unpaired) electrons. The fourth-order valence-corrected chi connectivity index (χ4v) is 3.57. The van der Waals surface area contributed by atoms with Crippen molar-refractivity contribution in [2.75, 3.05) is 12.4 Å². The Kier molecular flexibility index (Phi) is 5.38. The monoisotopic (exact) mass is 352 g/mol. The predicted molar refractivity (Wildman–Crippen MR) is 96.1 cm³/mol. The van der Waals surface area contributed by atoms with Crippen molar-refractivity contribution in [2.45, 2.75) is 26.8 Å². The van der Waals surface area contributed by atoms with Crippen LogP contribution in [0.2, 0.25) is 0 Å². The van der Waals surface area contributed by atoms with E-state index in [4.69, 9.17) is 17.0 Å². The van der Waals surface area contributed by atoms with Crippen LogP contribution in [0, 0.1) is 13.8 Å². The van der Waals surface area contributed by atoms with E-state index >= 15 is 0 Å². The molecule has 0 amide bonds. The Morgan fingerprint density at radius 2 is 2.17 bits per heavy atom. The van der Waals surface area contributed by atoms with Crippen LogP contribution in [-0.4, -0.2) is 28.0 Å². The van der Waals surface area contributed by atoms with Gasteiger partial charge in [0.15, 0.2) is 5.11 Å². The first kappa shape index (κ1) is 17.4. The van der Waals surface area contributed by atoms with Gasteiger partial charge < -0.3 is 15.4 Å². The number of hydrogen-bond acceptors (Lipinski definition) is 5. The number of nitrogens with zero attached hydrogens (tertiary/aromatic N) is 2. The number of aryl methyl sites for hydroxylation is 3. The molecule has 0 fully saturated rings. The van der Waals surface area contributed by atoms with Crippen LogP contribution in [-0.2, 0) is 11.8 Å². The van der Waals surface area contributed by atoms with Crippen LogP contribution in [0.4, 0.5) is 5.00 Å². The average molecular weight is 352 g/mol. The molecule has 0 aliphatic heterocycles. The van der Waals surface area contributed by atoms with Crippen LogP contribution in [0.3, 0.4) is 0 Å². The van der Waals surface area contributed by atoms with Crippen molar-refractivity contribution in [1.29, 1.82) is 0 Å². The molecular weight excluding hydrogens is 332 g/mol. The first-order valence-corrected chi connectivity index (χ1v) is 8.30. The van der Waals surface area contributed by atoms with Crippen LogP contribution in [0.25, 0.3) is 0 Å². The first-order valence-electron chi connectivity index (χ1n) is 7.08. The maximum atomic E-state index is 11.8. The van der Waals surface area contributed by atoms with Crippen molar-refractivity contribution in [3.05, 3.63) is 34.0 Å². The third-order valence-corrected chi connectivity index (χ3v) is 4.54. The highest BCUT2D eigenvalue weighted by Gasteiger charge is 2.18. The lowest BCUT2D eigenvalue weighted by molar-refractivity contribution is 0.0602. The summed E-state index contributed by atoms with van der Waals surface area (Å²) in [5.74, 6) is -0.379. The number of carbonyl (C=O) groups is 1. The third-order valence-electron chi connectivity index (χ3n) is 3.35. The molecule has 0 bridgehead atoms. The number of thiocarbonyl (C=S) groups is 1. The number of esters is 1. The molecule has 23 heavy (non-hydrogen) atoms. The van der Waals surface area contributed by atoms with E-state index < -0.39 is 0 Å². The Labute approximate surface area is 144 Å². The molecule has 0 saturated carbocycles. The molecule has 2 heterocycles. The molecule has 6 nitrogen and oxygen atoms in total. The molecule has 124 valence electrons. The Hall–Kier alpha value is -1.93. The van der Waals surface area contributed by atoms with Gasteiger partial charge in [0.25, 0.3) is 0 Å². The highest BCUT2D eigenvalue weighted by Crippen LogP contribution is 2.28. The van der Waals surface area contributed by atoms with Crippen molar-refractivity contribution in [1.82, 2.24) is 15.1 Å². The summed E-state index contributed by atoms with van der Waals surface area (Å²) in [6.07, 6.45) is 1.96. The van der Waals surface area contributed by atoms with Gasteiger partial charge in [-0.05, 0) is 39.1 Å². The zero-order chi connectivity index (χ0) is 17.1. The van der Waals surface area contributed by atoms with Gasteiger partial charge in [-0.3, -0.25) is 4.68 Å². The molecule has 0 spiro atoms. The minimum Gasteiger partial charge on any atom is -0.465 e. The number of aromatic nitrogens is 2. The fraction of sp³-hybridized carbons (Fsp3) is 0.400. The molecule has 8 heteroatoms. The minimum absolute atomic E-state index is 0.00587. The van der Waals surface area contributed by atoms with Gasteiger partial charge in [-0.15, -0.1) is 11.3 Å². The summed E-state index contributed by atoms with van der Waals surface area (Å²) in [5, 5.41) is 11.8. The van der Waals surface area contributed by atoms with E-state index in [-0.39, 0.29) is 12.0 Å². The van der Waals surface area contributed by atoms with Gasteiger partial charge in [-0.1, -0.05) is 0 Å². The Morgan fingerprint density at radius 3 is 2.74 bits per heavy atom. The average Bonchev–Trinajstić information content (AvgIpc) is 3.00. The van der Waals surface area contributed by atoms with E-state index in [2.05, 4.69) is 15.7 Å². The van der Waals surface area contributed by atoms with Crippen molar-refractivity contribution in [3.63, 3.8) is 0 Å². The van der Waals surface area contributed by atoms with Gasteiger partial charge in [-0.25, -0.2) is 4.79 Å². The largest absolute Gasteiger partial charge is 0.465 e. The predicted octanol–water partition coefficient (Wildman–Crippen LogP) is 2.93. The Bertz CT molecular complexity index is 736. The highest BCUT2D eigenvalue weighted by molar-refractivity contribution is 7.80. The first-order chi connectivity index (χ1) is 10.8. The van der Waals surface area contributed by atoms with Gasteiger partial charge in [0, 0.05) is 23.7 Å². The van der Waals surface area contributed by atoms with Crippen LogP contribution >= 0.6 is 23.6 Å². The summed E-state index contributed by atoms with van der Waals surface area (Å²) in [7, 11) is 3.25. The molecule has 1 atom stereocenters. The number of ether oxygens (including phenoxy) is 1. The summed E-state index contributed by atoms with van der Waals surface area (Å²) in [6.45, 7) is 5.90. The van der Waals surface area contributed by atoms with Gasteiger partial charge >= 0.3 is 5.97 Å². The molecule has 2 aromatic rings. The van der Waals surface area contributed by atoms with E-state index in [0.29, 0.717) is 15.7 Å². The topological polar surface area (TPSA) is 68.2 Å². The summed E-state index contributed by atoms with van der Waals surface area (Å²) < 4.78 is 6.57. The third kappa shape index (κ3) is 4.08. The second kappa shape index (κ2) is 7.10. The minimum atomic E-state index is -0.379. The van der Waals surface area contributed by atoms with Crippen molar-refractivity contribution >= 4 is 39.6 Å². The smallest absolute Gasteiger partial charge is 0.340 e. The molecule has 0 aromatic carbocycles. The second-order valence-corrected chi connectivity index (χ2v) is 6.92. The lowest BCUT2D eigenvalue weighted by Crippen LogP contribution is -2.31. The molecule has 2 rings (SSSR count). The van der Waals surface area contributed by atoms with Crippen LogP contribution in [0.1, 0.15) is 39.5 Å². The number of hydrogen-bond donors (Lipinski definition) is 2. The Morgan fingerprint density at radius 1 is 1.48 bits per heavy atom. The summed E-state index contributed by atoms with van der Waals surface area (Å²) in [6, 6.07) is 1.79. The van der Waals surface area contributed by atoms with E-state index in [1.54, 1.807) is 10.7 Å². The number of rotatable bonds is 4. The molecular formula is C15H20N4O2S2. The molecule has 2 aromatic heterocycles. The number of methoxy groups -OCH3 is 1. The molecule has 0 aliphatic carbocycles. The van der Waals surface area contributed by atoms with Crippen LogP contribution in [0.5, 0.6) is 0 Å². The van der Waals surface area contributed by atoms with Gasteiger partial charge in [0.05, 0.1) is 24.4 Å². The van der Waals surface area contributed by atoms with E-state index in [1.807, 2.05) is 34.0 Å². The lowest BCUT2D eigenvalue weighted by Gasteiger charge is -2.16.